The van der Waals surface area contributed by atoms with E-state index in [4.69, 9.17) is 4.98 Å². The van der Waals surface area contributed by atoms with E-state index in [0.717, 1.165) is 24.5 Å². The highest BCUT2D eigenvalue weighted by molar-refractivity contribution is 5.00. The quantitative estimate of drug-likeness (QED) is 0.0634. The van der Waals surface area contributed by atoms with Crippen molar-refractivity contribution in [3.63, 3.8) is 0 Å². The molecule has 299 valence electrons. The Labute approximate surface area is 322 Å². The van der Waals surface area contributed by atoms with E-state index in [1.54, 1.807) is 0 Å². The summed E-state index contributed by atoms with van der Waals surface area (Å²) in [6.07, 6.45) is 58.8. The first-order valence-corrected chi connectivity index (χ1v) is 23.8. The minimum absolute atomic E-state index is 0.663. The predicted octanol–water partition coefficient (Wildman–Crippen LogP) is 16.8. The van der Waals surface area contributed by atoms with Crippen molar-refractivity contribution in [2.75, 3.05) is 0 Å². The van der Waals surface area contributed by atoms with E-state index < -0.39 is 0 Å². The fraction of sp³-hybridized carbons (Fsp3) is 0.917. The Morgan fingerprint density at radius 1 is 0.255 bits per heavy atom. The van der Waals surface area contributed by atoms with Crippen LogP contribution in [0.2, 0.25) is 0 Å². The zero-order valence-electron chi connectivity index (χ0n) is 35.2. The lowest BCUT2D eigenvalue weighted by molar-refractivity contribution is 0.520. The molecule has 0 fully saturated rings. The molecule has 0 aliphatic carbocycles. The van der Waals surface area contributed by atoms with Crippen LogP contribution in [0, 0.1) is 6.92 Å². The van der Waals surface area contributed by atoms with Crippen molar-refractivity contribution < 1.29 is 0 Å². The van der Waals surface area contributed by atoms with Crippen LogP contribution < -0.4 is 0 Å². The van der Waals surface area contributed by atoms with Crippen molar-refractivity contribution in [3.8, 4) is 0 Å². The maximum atomic E-state index is 4.81. The first-order chi connectivity index (χ1) is 25.3. The van der Waals surface area contributed by atoms with Crippen LogP contribution in [-0.4, -0.2) is 15.0 Å². The van der Waals surface area contributed by atoms with Gasteiger partial charge in [0.05, 0.1) is 0 Å². The molecule has 1 radical (unpaired) electrons. The molecular formula is C48H92N3. The summed E-state index contributed by atoms with van der Waals surface area (Å²) in [7, 11) is 0. The Bertz CT molecular complexity index is 745. The number of nitrogens with zero attached hydrogens (tertiary/aromatic N) is 3. The monoisotopic (exact) mass is 711 g/mol. The standard InChI is InChI=1S/C48H92N3/c1-4-6-8-10-12-14-16-18-20-22-24-26-28-30-32-34-36-38-40-42-44-47-49-46(3)50-48(51-47)45-43-41-39-37-35-33-31-29-27-25-23-21-19-17-15-13-11-9-7-5-2/h3-45H2,1-2H3. The van der Waals surface area contributed by atoms with Gasteiger partial charge in [-0.15, -0.1) is 0 Å². The smallest absolute Gasteiger partial charge is 0.133 e. The second-order valence-electron chi connectivity index (χ2n) is 16.5. The van der Waals surface area contributed by atoms with Gasteiger partial charge in [-0.2, -0.15) is 0 Å². The molecule has 1 heterocycles. The van der Waals surface area contributed by atoms with Crippen LogP contribution in [0.1, 0.15) is 288 Å². The molecule has 0 bridgehead atoms. The molecule has 0 N–H and O–H groups in total. The number of aryl methyl sites for hydroxylation is 2. The largest absolute Gasteiger partial charge is 0.218 e. The van der Waals surface area contributed by atoms with Gasteiger partial charge in [0, 0.05) is 19.8 Å². The van der Waals surface area contributed by atoms with Crippen LogP contribution >= 0.6 is 0 Å². The van der Waals surface area contributed by atoms with Crippen LogP contribution in [0.4, 0.5) is 0 Å². The van der Waals surface area contributed by atoms with Crippen LogP contribution in [0.3, 0.4) is 0 Å². The van der Waals surface area contributed by atoms with E-state index in [0.29, 0.717) is 5.82 Å². The van der Waals surface area contributed by atoms with E-state index >= 15 is 0 Å². The van der Waals surface area contributed by atoms with Crippen LogP contribution in [-0.2, 0) is 12.8 Å². The minimum Gasteiger partial charge on any atom is -0.218 e. The average molecular weight is 711 g/mol. The van der Waals surface area contributed by atoms with Crippen LogP contribution in [0.25, 0.3) is 0 Å². The maximum absolute atomic E-state index is 4.81. The topological polar surface area (TPSA) is 38.7 Å². The molecule has 51 heavy (non-hydrogen) atoms. The Hall–Kier alpha value is -0.990. The van der Waals surface area contributed by atoms with Crippen molar-refractivity contribution in [2.24, 2.45) is 0 Å². The first kappa shape index (κ1) is 48.0. The van der Waals surface area contributed by atoms with Gasteiger partial charge in [-0.3, -0.25) is 0 Å². The number of unbranched alkanes of at least 4 members (excludes halogenated alkanes) is 38. The highest BCUT2D eigenvalue weighted by Gasteiger charge is 2.05. The molecule has 3 nitrogen and oxygen atoms in total. The fourth-order valence-corrected chi connectivity index (χ4v) is 7.82. The molecule has 1 aromatic heterocycles. The number of rotatable bonds is 42. The van der Waals surface area contributed by atoms with Crippen LogP contribution in [0.5, 0.6) is 0 Å². The van der Waals surface area contributed by atoms with Crippen molar-refractivity contribution >= 4 is 0 Å². The van der Waals surface area contributed by atoms with E-state index in [9.17, 15) is 0 Å². The summed E-state index contributed by atoms with van der Waals surface area (Å²) >= 11 is 0. The summed E-state index contributed by atoms with van der Waals surface area (Å²) in [5.41, 5.74) is 0. The van der Waals surface area contributed by atoms with Crippen molar-refractivity contribution in [2.45, 2.75) is 284 Å². The van der Waals surface area contributed by atoms with E-state index in [-0.39, 0.29) is 0 Å². The Morgan fingerprint density at radius 2 is 0.431 bits per heavy atom. The van der Waals surface area contributed by atoms with Crippen LogP contribution in [0.15, 0.2) is 0 Å². The molecule has 0 aromatic carbocycles. The summed E-state index contributed by atoms with van der Waals surface area (Å²) in [5.74, 6) is 2.61. The molecule has 0 saturated heterocycles. The molecule has 0 aliphatic heterocycles. The van der Waals surface area contributed by atoms with Gasteiger partial charge in [-0.05, 0) is 12.8 Å². The zero-order chi connectivity index (χ0) is 36.6. The van der Waals surface area contributed by atoms with Crippen molar-refractivity contribution in [3.05, 3.63) is 24.4 Å². The average Bonchev–Trinajstić information content (AvgIpc) is 3.13. The van der Waals surface area contributed by atoms with Gasteiger partial charge >= 0.3 is 0 Å². The fourth-order valence-electron chi connectivity index (χ4n) is 7.82. The molecule has 0 unspecified atom stereocenters. The van der Waals surface area contributed by atoms with Gasteiger partial charge in [0.2, 0.25) is 0 Å². The summed E-state index contributed by atoms with van der Waals surface area (Å²) in [6.45, 7) is 8.66. The van der Waals surface area contributed by atoms with E-state index in [1.807, 2.05) is 0 Å². The maximum Gasteiger partial charge on any atom is 0.133 e. The molecular weight excluding hydrogens is 619 g/mol. The Kier molecular flexibility index (Phi) is 37.9. The third-order valence-electron chi connectivity index (χ3n) is 11.3. The highest BCUT2D eigenvalue weighted by atomic mass is 15.0. The second-order valence-corrected chi connectivity index (χ2v) is 16.5. The van der Waals surface area contributed by atoms with Gasteiger partial charge in [0.25, 0.3) is 0 Å². The van der Waals surface area contributed by atoms with Gasteiger partial charge in [0.1, 0.15) is 17.5 Å². The molecule has 0 saturated carbocycles. The highest BCUT2D eigenvalue weighted by Crippen LogP contribution is 2.17. The van der Waals surface area contributed by atoms with Gasteiger partial charge in [-0.25, -0.2) is 15.0 Å². The third-order valence-corrected chi connectivity index (χ3v) is 11.3. The summed E-state index contributed by atoms with van der Waals surface area (Å²) in [4.78, 5) is 13.9. The van der Waals surface area contributed by atoms with E-state index in [1.165, 1.54) is 257 Å². The number of hydrogen-bond donors (Lipinski definition) is 0. The summed E-state index contributed by atoms with van der Waals surface area (Å²) in [5, 5.41) is 0. The van der Waals surface area contributed by atoms with Gasteiger partial charge < -0.3 is 0 Å². The molecule has 0 spiro atoms. The molecule has 0 atom stereocenters. The minimum atomic E-state index is 0.663. The Balaban J connectivity index is 1.85. The Morgan fingerprint density at radius 3 is 0.627 bits per heavy atom. The molecule has 0 aliphatic rings. The summed E-state index contributed by atoms with van der Waals surface area (Å²) in [6, 6.07) is 0. The first-order valence-electron chi connectivity index (χ1n) is 23.8. The van der Waals surface area contributed by atoms with Crippen molar-refractivity contribution in [1.82, 2.24) is 15.0 Å². The SMILES string of the molecule is [CH2]c1nc(CCCCCCCCCCCCCCCCCCCCCC)nc(CCCCCCCCCCCCCCCCCCCCCC)n1. The number of hydrogen-bond acceptors (Lipinski definition) is 3. The van der Waals surface area contributed by atoms with Crippen molar-refractivity contribution in [1.29, 1.82) is 0 Å². The lowest BCUT2D eigenvalue weighted by Gasteiger charge is -2.06. The van der Waals surface area contributed by atoms with Gasteiger partial charge in [0.15, 0.2) is 0 Å². The zero-order valence-corrected chi connectivity index (χ0v) is 35.2. The lowest BCUT2D eigenvalue weighted by Crippen LogP contribution is -2.06. The normalized spacial score (nSPS) is 11.6. The number of aromatic nitrogens is 3. The van der Waals surface area contributed by atoms with Gasteiger partial charge in [-0.1, -0.05) is 258 Å². The molecule has 1 rings (SSSR count). The predicted molar refractivity (Wildman–Crippen MR) is 228 cm³/mol. The molecule has 3 heteroatoms. The lowest BCUT2D eigenvalue weighted by atomic mass is 10.0. The molecule has 0 amide bonds. The summed E-state index contributed by atoms with van der Waals surface area (Å²) < 4.78 is 0. The third kappa shape index (κ3) is 35.8. The molecule has 1 aromatic rings. The second kappa shape index (κ2) is 40.2. The van der Waals surface area contributed by atoms with E-state index in [2.05, 4.69) is 30.7 Å².